The second-order valence-electron chi connectivity index (χ2n) is 24.1. The molecule has 2 aliphatic rings. The molecule has 0 radical (unpaired) electrons. The number of esters is 1. The topological polar surface area (TPSA) is 334 Å². The van der Waals surface area contributed by atoms with Crippen molar-refractivity contribution in [3.8, 4) is 22.6 Å². The highest BCUT2D eigenvalue weighted by Crippen LogP contribution is 2.50. The molecule has 10 rings (SSSR count). The number of rotatable bonds is 35. The van der Waals surface area contributed by atoms with Crippen LogP contribution in [0.25, 0.3) is 56.1 Å². The summed E-state index contributed by atoms with van der Waals surface area (Å²) in [6.07, 6.45) is 8.02. The highest BCUT2D eigenvalue weighted by Gasteiger charge is 2.35. The van der Waals surface area contributed by atoms with E-state index in [9.17, 15) is 64.6 Å². The van der Waals surface area contributed by atoms with Crippen molar-refractivity contribution in [2.75, 3.05) is 94.6 Å². The third kappa shape index (κ3) is 19.9. The first kappa shape index (κ1) is 76.1. The molecule has 2 fully saturated rings. The zero-order valence-electron chi connectivity index (χ0n) is 56.6. The van der Waals surface area contributed by atoms with Crippen molar-refractivity contribution < 1.29 is 102 Å². The molecular formula is C74H78F2N4O20S2. The molecule has 2 heterocycles. The summed E-state index contributed by atoms with van der Waals surface area (Å²) in [5, 5.41) is 35.4. The molecule has 0 atom stereocenters. The maximum Gasteiger partial charge on any atom is 0.379 e. The fraction of sp³-hybridized carbons (Fsp3) is 0.324. The number of nitrogens with one attached hydrogen (secondary N) is 2. The Bertz CT molecular complexity index is 4700. The third-order valence-electron chi connectivity index (χ3n) is 16.4. The van der Waals surface area contributed by atoms with E-state index in [-0.39, 0.29) is 119 Å². The Morgan fingerprint density at radius 1 is 0.539 bits per heavy atom. The van der Waals surface area contributed by atoms with E-state index in [2.05, 4.69) is 15.4 Å². The van der Waals surface area contributed by atoms with E-state index in [0.29, 0.717) is 85.6 Å². The monoisotopic (exact) mass is 1440 g/mol. The first-order valence-corrected chi connectivity index (χ1v) is 36.4. The van der Waals surface area contributed by atoms with Crippen LogP contribution in [0, 0.1) is 11.6 Å². The summed E-state index contributed by atoms with van der Waals surface area (Å²) >= 11 is 0. The van der Waals surface area contributed by atoms with Crippen LogP contribution in [0.1, 0.15) is 111 Å². The van der Waals surface area contributed by atoms with Gasteiger partial charge in [0.15, 0.2) is 0 Å². The van der Waals surface area contributed by atoms with Gasteiger partial charge in [-0.2, -0.15) is 0 Å². The van der Waals surface area contributed by atoms with Crippen LogP contribution in [-0.4, -0.2) is 153 Å². The number of halogens is 2. The number of furan rings is 2. The average Bonchev–Trinajstić information content (AvgIpc) is 1.58. The molecule has 0 spiro atoms. The number of nitrogens with zero attached hydrogens (tertiary/aromatic N) is 2. The van der Waals surface area contributed by atoms with Crippen LogP contribution in [0.2, 0.25) is 0 Å². The minimum atomic E-state index is -3.73. The quantitative estimate of drug-likeness (QED) is 0.00810. The molecule has 102 heavy (non-hydrogen) atoms. The van der Waals surface area contributed by atoms with Gasteiger partial charge in [0.05, 0.1) is 81.3 Å². The number of aliphatic hydroxyl groups excluding tert-OH is 2. The molecule has 2 amide bonds. The predicted octanol–water partition coefficient (Wildman–Crippen LogP) is 11.3. The van der Waals surface area contributed by atoms with Gasteiger partial charge in [0.2, 0.25) is 20.0 Å². The number of carboxylic acids is 1. The van der Waals surface area contributed by atoms with Crippen LogP contribution in [0.5, 0.6) is 0 Å². The molecule has 5 N–H and O–H groups in total. The van der Waals surface area contributed by atoms with Crippen molar-refractivity contribution >= 4 is 100 Å². The second kappa shape index (κ2) is 34.5. The number of hydrogen-bond donors (Lipinski definition) is 5. The van der Waals surface area contributed by atoms with Crippen molar-refractivity contribution in [3.63, 3.8) is 0 Å². The number of carbonyl (C=O) groups is 6. The standard InChI is InChI=1S/C38H41FN2O10S.C36H37FN2O10S/c1-4-50-38(45)33(43)22-32(42)27-8-5-7-24(19-27)23-49-18-17-48-16-6-15-41(52(3,46)47)31-21-34-30(20-29(31)25-9-10-25)35(37(44)40-2)36(51-34)26-11-13-28(39)14-12-26;1-38-35(42)33-28-18-27(23-7-8-23)29(19-32(28)49-34(33)24-9-11-26(37)12-10-24)39(50(2,45)46)13-4-14-47-15-16-48-21-22-5-3-6-25(17-22)30(40)20-31(41)36(43)44/h5,7-8,11-14,19-22,25,42H,4,6,9-10,15-18,23H2,1-3H3,(H,40,44);3,5-6,9-12,17-20,23,40H,4,7-8,13-16,21H2,1-2H3,(H,38,42)(H,43,44). The fourth-order valence-electron chi connectivity index (χ4n) is 11.2. The van der Waals surface area contributed by atoms with Gasteiger partial charge in [-0.05, 0) is 152 Å². The van der Waals surface area contributed by atoms with E-state index >= 15 is 0 Å². The van der Waals surface area contributed by atoms with Gasteiger partial charge in [-0.3, -0.25) is 27.8 Å². The minimum absolute atomic E-state index is 0.0465. The summed E-state index contributed by atoms with van der Waals surface area (Å²) in [7, 11) is -4.43. The largest absolute Gasteiger partial charge is 0.507 e. The minimum Gasteiger partial charge on any atom is -0.507 e. The molecule has 0 unspecified atom stereocenters. The molecule has 0 bridgehead atoms. The first-order valence-electron chi connectivity index (χ1n) is 32.7. The SMILES string of the molecule is CCOC(=O)C(=O)C=C(O)c1cccc(COCCOCCCN(c2cc3oc(-c4ccc(F)cc4)c(C(=O)NC)c3cc2C2CC2)S(C)(=O)=O)c1.CNC(=O)c1c(-c2ccc(F)cc2)oc2cc(N(CCCOCCOCc3cccc(C(O)=CC(=O)C(=O)O)c3)S(C)(=O)=O)c(C3CC3)cc12. The number of anilines is 2. The highest BCUT2D eigenvalue weighted by atomic mass is 32.2. The highest BCUT2D eigenvalue weighted by molar-refractivity contribution is 7.92. The Morgan fingerprint density at radius 3 is 1.29 bits per heavy atom. The van der Waals surface area contributed by atoms with E-state index in [1.807, 2.05) is 12.1 Å². The number of ether oxygens (including phenoxy) is 5. The Hall–Kier alpha value is -10.1. The molecule has 6 aromatic carbocycles. The van der Waals surface area contributed by atoms with Gasteiger partial charge in [-0.1, -0.05) is 36.4 Å². The lowest BCUT2D eigenvalue weighted by atomic mass is 10.0. The van der Waals surface area contributed by atoms with Gasteiger partial charge in [0.25, 0.3) is 23.4 Å². The van der Waals surface area contributed by atoms with Crippen molar-refractivity contribution in [1.82, 2.24) is 10.6 Å². The second-order valence-corrected chi connectivity index (χ2v) is 27.9. The normalized spacial score (nSPS) is 13.3. The lowest BCUT2D eigenvalue weighted by Crippen LogP contribution is -2.32. The molecule has 2 aliphatic carbocycles. The van der Waals surface area contributed by atoms with Crippen molar-refractivity contribution in [2.24, 2.45) is 0 Å². The Labute approximate surface area is 587 Å². The van der Waals surface area contributed by atoms with E-state index in [4.69, 9.17) is 32.9 Å². The van der Waals surface area contributed by atoms with Gasteiger partial charge in [-0.25, -0.2) is 35.2 Å². The summed E-state index contributed by atoms with van der Waals surface area (Å²) in [4.78, 5) is 71.6. The van der Waals surface area contributed by atoms with Crippen LogP contribution < -0.4 is 19.2 Å². The summed E-state index contributed by atoms with van der Waals surface area (Å²) in [5.41, 5.74) is 6.84. The Balaban J connectivity index is 0.000000237. The average molecular weight is 1450 g/mol. The van der Waals surface area contributed by atoms with Crippen molar-refractivity contribution in [2.45, 2.75) is 70.5 Å². The zero-order chi connectivity index (χ0) is 73.4. The van der Waals surface area contributed by atoms with E-state index in [1.54, 1.807) is 61.5 Å². The van der Waals surface area contributed by atoms with Crippen LogP contribution in [0.3, 0.4) is 0 Å². The summed E-state index contributed by atoms with van der Waals surface area (Å²) in [6.45, 7) is 3.72. The summed E-state index contributed by atoms with van der Waals surface area (Å²) in [6, 6.07) is 31.4. The summed E-state index contributed by atoms with van der Waals surface area (Å²) < 4.78 is 122. The molecule has 2 aromatic heterocycles. The van der Waals surface area contributed by atoms with Crippen LogP contribution >= 0.6 is 0 Å². The smallest absolute Gasteiger partial charge is 0.379 e. The van der Waals surface area contributed by atoms with Gasteiger partial charge >= 0.3 is 11.9 Å². The third-order valence-corrected chi connectivity index (χ3v) is 18.8. The zero-order valence-corrected chi connectivity index (χ0v) is 58.3. The number of hydrogen-bond acceptors (Lipinski definition) is 19. The lowest BCUT2D eigenvalue weighted by molar-refractivity contribution is -0.151. The molecule has 28 heteroatoms. The van der Waals surface area contributed by atoms with Crippen molar-refractivity contribution in [1.29, 1.82) is 0 Å². The number of amides is 2. The molecular weight excluding hydrogens is 1370 g/mol. The molecule has 0 saturated heterocycles. The maximum absolute atomic E-state index is 13.7. The predicted molar refractivity (Wildman–Crippen MR) is 377 cm³/mol. The maximum atomic E-state index is 13.7. The van der Waals surface area contributed by atoms with E-state index < -0.39 is 60.9 Å². The number of benzene rings is 6. The number of sulfonamides is 2. The summed E-state index contributed by atoms with van der Waals surface area (Å²) in [5.74, 6) is -6.60. The van der Waals surface area contributed by atoms with Gasteiger partial charge in [-0.15, -0.1) is 0 Å². The Kier molecular flexibility index (Phi) is 25.7. The molecule has 8 aromatic rings. The van der Waals surface area contributed by atoms with Crippen LogP contribution in [0.4, 0.5) is 20.2 Å². The number of aliphatic carboxylic acids is 1. The number of fused-ring (bicyclic) bond motifs is 2. The van der Waals surface area contributed by atoms with Crippen LogP contribution in [0.15, 0.2) is 142 Å². The molecule has 0 aliphatic heterocycles. The number of ketones is 2. The molecule has 24 nitrogen and oxygen atoms in total. The Morgan fingerprint density at radius 2 is 0.931 bits per heavy atom. The van der Waals surface area contributed by atoms with Gasteiger partial charge in [0.1, 0.15) is 45.8 Å². The first-order chi connectivity index (χ1) is 48.8. The molecule has 2 saturated carbocycles. The number of aliphatic hydroxyl groups is 2. The number of carbonyl (C=O) groups excluding carboxylic acids is 5. The fourth-order valence-corrected chi connectivity index (χ4v) is 13.2. The van der Waals surface area contributed by atoms with Crippen LogP contribution in [-0.2, 0) is 76.1 Å². The van der Waals surface area contributed by atoms with Gasteiger partial charge in [0, 0.05) is 97.7 Å². The van der Waals surface area contributed by atoms with E-state index in [1.165, 1.54) is 77.3 Å². The van der Waals surface area contributed by atoms with E-state index in [0.717, 1.165) is 61.0 Å². The van der Waals surface area contributed by atoms with Crippen molar-refractivity contribution in [3.05, 3.63) is 190 Å². The van der Waals surface area contributed by atoms with Gasteiger partial charge < -0.3 is 58.5 Å². The molecule has 540 valence electrons. The lowest BCUT2D eigenvalue weighted by Gasteiger charge is -2.25. The number of carboxylic acid groups (broad SMARTS) is 1.